The maximum Gasteiger partial charge on any atom is 0.169 e. The molecule has 3 unspecified atom stereocenters. The van der Waals surface area contributed by atoms with Crippen molar-refractivity contribution in [3.63, 3.8) is 0 Å². The fraction of sp³-hybridized carbons (Fsp3) is 0.714. The van der Waals surface area contributed by atoms with Crippen molar-refractivity contribution in [3.05, 3.63) is 22.6 Å². The second kappa shape index (κ2) is 5.95. The normalized spacial score (nSPS) is 30.0. The maximum atomic E-state index is 6.01. The van der Waals surface area contributed by atoms with Gasteiger partial charge in [-0.1, -0.05) is 12.8 Å². The van der Waals surface area contributed by atoms with Gasteiger partial charge in [-0.2, -0.15) is 0 Å². The van der Waals surface area contributed by atoms with E-state index in [0.717, 1.165) is 23.6 Å². The zero-order chi connectivity index (χ0) is 13.2. The number of rotatable bonds is 3. The highest BCUT2D eigenvalue weighted by Crippen LogP contribution is 2.34. The molecule has 2 fully saturated rings. The Hall–Kier alpha value is -0.360. The first-order valence-electron chi connectivity index (χ1n) is 7.12. The van der Waals surface area contributed by atoms with Gasteiger partial charge in [-0.3, -0.25) is 4.90 Å². The molecule has 2 N–H and O–H groups in total. The third-order valence-corrected chi connectivity index (χ3v) is 4.75. The summed E-state index contributed by atoms with van der Waals surface area (Å²) in [6.07, 6.45) is 5.35. The quantitative estimate of drug-likeness (QED) is 0.926. The minimum atomic E-state index is 0.167. The summed E-state index contributed by atoms with van der Waals surface area (Å²) in [5, 5.41) is 0. The molecule has 106 valence electrons. The molecule has 1 aromatic heterocycles. The number of furan rings is 1. The molecule has 1 aliphatic heterocycles. The summed E-state index contributed by atoms with van der Waals surface area (Å²) in [4.78, 5) is 2.50. The highest BCUT2D eigenvalue weighted by atomic mass is 79.9. The molecule has 1 saturated heterocycles. The number of hydrogen-bond donors (Lipinski definition) is 1. The summed E-state index contributed by atoms with van der Waals surface area (Å²) in [5.74, 6) is 0.959. The van der Waals surface area contributed by atoms with Crippen LogP contribution in [0.2, 0.25) is 0 Å². The average Bonchev–Trinajstić information content (AvgIpc) is 2.86. The van der Waals surface area contributed by atoms with E-state index in [1.165, 1.54) is 25.7 Å². The number of morpholine rings is 1. The first kappa shape index (κ1) is 13.6. The smallest absolute Gasteiger partial charge is 0.169 e. The van der Waals surface area contributed by atoms with Crippen molar-refractivity contribution >= 4 is 15.9 Å². The van der Waals surface area contributed by atoms with E-state index >= 15 is 0 Å². The van der Waals surface area contributed by atoms with Crippen LogP contribution in [-0.4, -0.2) is 36.7 Å². The third kappa shape index (κ3) is 2.75. The van der Waals surface area contributed by atoms with E-state index in [2.05, 4.69) is 20.8 Å². The van der Waals surface area contributed by atoms with Crippen LogP contribution in [0, 0.1) is 0 Å². The summed E-state index contributed by atoms with van der Waals surface area (Å²) in [5.41, 5.74) is 6.01. The standard InChI is InChI=1S/C14H21BrN2O2/c15-14-6-5-13(19-14)11(9-16)17-7-8-18-12-4-2-1-3-10(12)17/h5-6,10-12H,1-4,7-9,16H2. The van der Waals surface area contributed by atoms with Crippen LogP contribution < -0.4 is 5.73 Å². The zero-order valence-electron chi connectivity index (χ0n) is 11.1. The SMILES string of the molecule is NCC(c1ccc(Br)o1)N1CCOC2CCCCC21. The molecule has 3 atom stereocenters. The predicted octanol–water partition coefficient (Wildman–Crippen LogP) is 2.69. The van der Waals surface area contributed by atoms with Crippen molar-refractivity contribution in [2.24, 2.45) is 5.73 Å². The minimum absolute atomic E-state index is 0.167. The molecule has 2 aliphatic rings. The van der Waals surface area contributed by atoms with Gasteiger partial charge in [0, 0.05) is 19.1 Å². The lowest BCUT2D eigenvalue weighted by Gasteiger charge is -2.46. The Bertz CT molecular complexity index is 421. The topological polar surface area (TPSA) is 51.6 Å². The Morgan fingerprint density at radius 2 is 2.21 bits per heavy atom. The van der Waals surface area contributed by atoms with Crippen molar-refractivity contribution in [2.45, 2.75) is 43.9 Å². The van der Waals surface area contributed by atoms with Crippen LogP contribution in [0.5, 0.6) is 0 Å². The molecule has 3 rings (SSSR count). The minimum Gasteiger partial charge on any atom is -0.453 e. The molecule has 1 aliphatic carbocycles. The van der Waals surface area contributed by atoms with E-state index in [4.69, 9.17) is 14.9 Å². The third-order valence-electron chi connectivity index (χ3n) is 4.32. The van der Waals surface area contributed by atoms with E-state index in [9.17, 15) is 0 Å². The van der Waals surface area contributed by atoms with Crippen LogP contribution >= 0.6 is 15.9 Å². The van der Waals surface area contributed by atoms with Crippen LogP contribution in [0.25, 0.3) is 0 Å². The van der Waals surface area contributed by atoms with Gasteiger partial charge in [-0.25, -0.2) is 0 Å². The summed E-state index contributed by atoms with van der Waals surface area (Å²) >= 11 is 3.37. The predicted molar refractivity (Wildman–Crippen MR) is 76.9 cm³/mol. The zero-order valence-corrected chi connectivity index (χ0v) is 12.6. The molecular formula is C14H21BrN2O2. The van der Waals surface area contributed by atoms with E-state index in [0.29, 0.717) is 18.7 Å². The number of fused-ring (bicyclic) bond motifs is 1. The van der Waals surface area contributed by atoms with Crippen LogP contribution in [0.4, 0.5) is 0 Å². The van der Waals surface area contributed by atoms with Gasteiger partial charge in [0.15, 0.2) is 4.67 Å². The summed E-state index contributed by atoms with van der Waals surface area (Å²) in [6.45, 7) is 2.34. The van der Waals surface area contributed by atoms with Gasteiger partial charge >= 0.3 is 0 Å². The molecule has 19 heavy (non-hydrogen) atoms. The van der Waals surface area contributed by atoms with Crippen LogP contribution in [0.3, 0.4) is 0 Å². The van der Waals surface area contributed by atoms with Crippen LogP contribution in [0.1, 0.15) is 37.5 Å². The summed E-state index contributed by atoms with van der Waals surface area (Å²) < 4.78 is 12.4. The largest absolute Gasteiger partial charge is 0.453 e. The number of nitrogens with zero attached hydrogens (tertiary/aromatic N) is 1. The number of ether oxygens (including phenoxy) is 1. The second-order valence-electron chi connectivity index (χ2n) is 5.39. The highest BCUT2D eigenvalue weighted by molar-refractivity contribution is 9.10. The average molecular weight is 329 g/mol. The molecule has 2 heterocycles. The molecule has 5 heteroatoms. The fourth-order valence-corrected chi connectivity index (χ4v) is 3.75. The van der Waals surface area contributed by atoms with E-state index in [-0.39, 0.29) is 6.04 Å². The van der Waals surface area contributed by atoms with Crippen LogP contribution in [0.15, 0.2) is 21.2 Å². The Balaban J connectivity index is 1.81. The molecular weight excluding hydrogens is 308 g/mol. The lowest BCUT2D eigenvalue weighted by molar-refractivity contribution is -0.104. The first-order valence-corrected chi connectivity index (χ1v) is 7.91. The Morgan fingerprint density at radius 1 is 1.37 bits per heavy atom. The summed E-state index contributed by atoms with van der Waals surface area (Å²) in [7, 11) is 0. The lowest BCUT2D eigenvalue weighted by Crippen LogP contribution is -2.54. The van der Waals surface area contributed by atoms with Gasteiger partial charge in [0.05, 0.1) is 18.8 Å². The molecule has 0 bridgehead atoms. The van der Waals surface area contributed by atoms with E-state index < -0.39 is 0 Å². The Labute approximate surface area is 122 Å². The van der Waals surface area contributed by atoms with E-state index in [1.807, 2.05) is 12.1 Å². The van der Waals surface area contributed by atoms with Crippen molar-refractivity contribution in [3.8, 4) is 0 Å². The molecule has 0 spiro atoms. The van der Waals surface area contributed by atoms with Crippen molar-refractivity contribution in [2.75, 3.05) is 19.7 Å². The van der Waals surface area contributed by atoms with Gasteiger partial charge in [0.1, 0.15) is 5.76 Å². The number of hydrogen-bond acceptors (Lipinski definition) is 4. The van der Waals surface area contributed by atoms with E-state index in [1.54, 1.807) is 0 Å². The van der Waals surface area contributed by atoms with Gasteiger partial charge in [0.2, 0.25) is 0 Å². The van der Waals surface area contributed by atoms with Gasteiger partial charge < -0.3 is 14.9 Å². The van der Waals surface area contributed by atoms with Gasteiger partial charge in [-0.05, 0) is 40.9 Å². The summed E-state index contributed by atoms with van der Waals surface area (Å²) in [6, 6.07) is 4.63. The van der Waals surface area contributed by atoms with Gasteiger partial charge in [-0.15, -0.1) is 0 Å². The fourth-order valence-electron chi connectivity index (χ4n) is 3.44. The van der Waals surface area contributed by atoms with Crippen molar-refractivity contribution < 1.29 is 9.15 Å². The highest BCUT2D eigenvalue weighted by Gasteiger charge is 2.38. The molecule has 4 nitrogen and oxygen atoms in total. The Morgan fingerprint density at radius 3 is 2.95 bits per heavy atom. The maximum absolute atomic E-state index is 6.01. The van der Waals surface area contributed by atoms with Crippen LogP contribution in [-0.2, 0) is 4.74 Å². The molecule has 0 radical (unpaired) electrons. The molecule has 0 amide bonds. The number of halogens is 1. The van der Waals surface area contributed by atoms with Gasteiger partial charge in [0.25, 0.3) is 0 Å². The molecule has 1 saturated carbocycles. The molecule has 0 aromatic carbocycles. The molecule has 1 aromatic rings. The second-order valence-corrected chi connectivity index (χ2v) is 6.17. The monoisotopic (exact) mass is 328 g/mol. The first-order chi connectivity index (χ1) is 9.29. The Kier molecular flexibility index (Phi) is 4.27. The lowest BCUT2D eigenvalue weighted by atomic mass is 9.89. The van der Waals surface area contributed by atoms with Crippen molar-refractivity contribution in [1.82, 2.24) is 4.90 Å². The van der Waals surface area contributed by atoms with Crippen molar-refractivity contribution in [1.29, 1.82) is 0 Å². The number of nitrogens with two attached hydrogens (primary N) is 1.